The highest BCUT2D eigenvalue weighted by Gasteiger charge is 2.18. The fourth-order valence-electron chi connectivity index (χ4n) is 3.77. The van der Waals surface area contributed by atoms with Gasteiger partial charge in [0.2, 0.25) is 0 Å². The molecule has 4 aromatic rings. The van der Waals surface area contributed by atoms with Gasteiger partial charge >= 0.3 is 0 Å². The Bertz CT molecular complexity index is 1120. The van der Waals surface area contributed by atoms with Gasteiger partial charge in [-0.25, -0.2) is 0 Å². The van der Waals surface area contributed by atoms with Crippen LogP contribution in [-0.2, 0) is 0 Å². The Morgan fingerprint density at radius 1 is 0.667 bits per heavy atom. The summed E-state index contributed by atoms with van der Waals surface area (Å²) < 4.78 is 0. The highest BCUT2D eigenvalue weighted by atomic mass is 31.1. The molecule has 0 heterocycles. The molecule has 1 atom stereocenters. The summed E-state index contributed by atoms with van der Waals surface area (Å²) >= 11 is 0. The molecular formula is C27H26NOP. The van der Waals surface area contributed by atoms with E-state index >= 15 is 0 Å². The molecule has 0 spiro atoms. The molecule has 0 saturated carbocycles. The summed E-state index contributed by atoms with van der Waals surface area (Å²) in [4.78, 5) is 2.30. The summed E-state index contributed by atoms with van der Waals surface area (Å²) in [6.45, 7) is 6.20. The van der Waals surface area contributed by atoms with Crippen molar-refractivity contribution in [3.8, 4) is 5.75 Å². The van der Waals surface area contributed by atoms with E-state index in [1.54, 1.807) is 0 Å². The minimum absolute atomic E-state index is 0.357. The van der Waals surface area contributed by atoms with Crippen LogP contribution in [0.2, 0.25) is 0 Å². The van der Waals surface area contributed by atoms with Crippen LogP contribution >= 0.6 is 8.58 Å². The molecule has 2 nitrogen and oxygen atoms in total. The van der Waals surface area contributed by atoms with E-state index in [2.05, 4.69) is 91.5 Å². The van der Waals surface area contributed by atoms with Gasteiger partial charge in [-0.05, 0) is 73.9 Å². The monoisotopic (exact) mass is 411 g/mol. The SMILES string of the molecule is Cc1cc(C)c(O)c(Pc2c(C)cccc2N(c2ccccc2)c2ccccc2)c1. The van der Waals surface area contributed by atoms with Crippen LogP contribution in [0, 0.1) is 20.8 Å². The molecule has 0 aliphatic rings. The predicted octanol–water partition coefficient (Wildman–Crippen LogP) is 6.42. The van der Waals surface area contributed by atoms with Gasteiger partial charge in [-0.3, -0.25) is 0 Å². The van der Waals surface area contributed by atoms with Crippen molar-refractivity contribution in [2.24, 2.45) is 0 Å². The largest absolute Gasteiger partial charge is 0.507 e. The molecule has 1 unspecified atom stereocenters. The van der Waals surface area contributed by atoms with Crippen LogP contribution in [0.15, 0.2) is 91.0 Å². The summed E-state index contributed by atoms with van der Waals surface area (Å²) in [7, 11) is 0.357. The lowest BCUT2D eigenvalue weighted by Gasteiger charge is -2.28. The van der Waals surface area contributed by atoms with Crippen molar-refractivity contribution in [2.75, 3.05) is 4.90 Å². The summed E-state index contributed by atoms with van der Waals surface area (Å²) in [5, 5.41) is 13.0. The van der Waals surface area contributed by atoms with E-state index < -0.39 is 0 Å². The number of anilines is 3. The zero-order chi connectivity index (χ0) is 21.1. The molecule has 4 rings (SSSR count). The first-order chi connectivity index (χ1) is 14.5. The fourth-order valence-corrected chi connectivity index (χ4v) is 5.26. The minimum Gasteiger partial charge on any atom is -0.507 e. The number of nitrogens with zero attached hydrogens (tertiary/aromatic N) is 1. The van der Waals surface area contributed by atoms with Crippen molar-refractivity contribution in [3.05, 3.63) is 108 Å². The van der Waals surface area contributed by atoms with Crippen LogP contribution in [0.4, 0.5) is 17.1 Å². The molecule has 0 aliphatic carbocycles. The quantitative estimate of drug-likeness (QED) is 0.383. The molecule has 3 heteroatoms. The number of phenolic OH excluding ortho intramolecular Hbond substituents is 1. The third-order valence-corrected chi connectivity index (χ3v) is 6.78. The smallest absolute Gasteiger partial charge is 0.126 e. The third-order valence-electron chi connectivity index (χ3n) is 5.22. The van der Waals surface area contributed by atoms with E-state index in [0.29, 0.717) is 14.3 Å². The molecule has 0 radical (unpaired) electrons. The molecule has 0 aliphatic heterocycles. The van der Waals surface area contributed by atoms with E-state index in [0.717, 1.165) is 27.9 Å². The highest BCUT2D eigenvalue weighted by Crippen LogP contribution is 2.37. The Kier molecular flexibility index (Phi) is 5.88. The average molecular weight is 411 g/mol. The lowest BCUT2D eigenvalue weighted by atomic mass is 10.1. The summed E-state index contributed by atoms with van der Waals surface area (Å²) in [5.41, 5.74) is 6.70. The highest BCUT2D eigenvalue weighted by molar-refractivity contribution is 7.56. The number of aromatic hydroxyl groups is 1. The molecule has 0 aromatic heterocycles. The van der Waals surface area contributed by atoms with Crippen LogP contribution in [0.5, 0.6) is 5.75 Å². The van der Waals surface area contributed by atoms with Crippen LogP contribution < -0.4 is 15.5 Å². The van der Waals surface area contributed by atoms with Crippen molar-refractivity contribution in [3.63, 3.8) is 0 Å². The van der Waals surface area contributed by atoms with E-state index in [-0.39, 0.29) is 0 Å². The van der Waals surface area contributed by atoms with Gasteiger partial charge in [-0.2, -0.15) is 0 Å². The summed E-state index contributed by atoms with van der Waals surface area (Å²) in [6, 6.07) is 31.5. The van der Waals surface area contributed by atoms with Gasteiger partial charge in [0.15, 0.2) is 0 Å². The topological polar surface area (TPSA) is 23.5 Å². The van der Waals surface area contributed by atoms with Gasteiger partial charge in [0, 0.05) is 22.0 Å². The summed E-state index contributed by atoms with van der Waals surface area (Å²) in [5.74, 6) is 0.402. The van der Waals surface area contributed by atoms with Crippen LogP contribution in [0.3, 0.4) is 0 Å². The van der Waals surface area contributed by atoms with Gasteiger partial charge in [-0.15, -0.1) is 0 Å². The lowest BCUT2D eigenvalue weighted by Crippen LogP contribution is -2.20. The molecule has 0 bridgehead atoms. The molecule has 30 heavy (non-hydrogen) atoms. The van der Waals surface area contributed by atoms with Gasteiger partial charge < -0.3 is 10.0 Å². The minimum atomic E-state index is 0.357. The Balaban J connectivity index is 1.89. The molecule has 150 valence electrons. The fraction of sp³-hybridized carbons (Fsp3) is 0.111. The Labute approximate surface area is 180 Å². The lowest BCUT2D eigenvalue weighted by molar-refractivity contribution is 0.475. The molecule has 1 N–H and O–H groups in total. The van der Waals surface area contributed by atoms with Crippen LogP contribution in [0.25, 0.3) is 0 Å². The first-order valence-electron chi connectivity index (χ1n) is 10.1. The summed E-state index contributed by atoms with van der Waals surface area (Å²) in [6.07, 6.45) is 0. The predicted molar refractivity (Wildman–Crippen MR) is 131 cm³/mol. The number of hydrogen-bond donors (Lipinski definition) is 1. The second-order valence-electron chi connectivity index (χ2n) is 7.58. The Hall–Kier alpha value is -3.09. The zero-order valence-corrected chi connectivity index (χ0v) is 18.6. The van der Waals surface area contributed by atoms with Crippen molar-refractivity contribution < 1.29 is 5.11 Å². The van der Waals surface area contributed by atoms with Crippen LogP contribution in [0.1, 0.15) is 16.7 Å². The van der Waals surface area contributed by atoms with E-state index in [1.165, 1.54) is 16.4 Å². The van der Waals surface area contributed by atoms with E-state index in [4.69, 9.17) is 0 Å². The number of benzene rings is 4. The van der Waals surface area contributed by atoms with Gasteiger partial charge in [-0.1, -0.05) is 63.2 Å². The van der Waals surface area contributed by atoms with E-state index in [9.17, 15) is 5.11 Å². The Morgan fingerprint density at radius 3 is 1.87 bits per heavy atom. The number of para-hydroxylation sites is 2. The number of aryl methyl sites for hydroxylation is 3. The van der Waals surface area contributed by atoms with Crippen molar-refractivity contribution in [2.45, 2.75) is 20.8 Å². The van der Waals surface area contributed by atoms with Crippen molar-refractivity contribution in [1.29, 1.82) is 0 Å². The first kappa shape index (κ1) is 20.2. The maximum Gasteiger partial charge on any atom is 0.126 e. The number of hydrogen-bond acceptors (Lipinski definition) is 2. The maximum absolute atomic E-state index is 10.7. The molecule has 0 saturated heterocycles. The second kappa shape index (κ2) is 8.73. The maximum atomic E-state index is 10.7. The first-order valence-corrected chi connectivity index (χ1v) is 11.1. The van der Waals surface area contributed by atoms with E-state index in [1.807, 2.05) is 25.1 Å². The average Bonchev–Trinajstić information content (AvgIpc) is 2.75. The molecule has 0 amide bonds. The number of phenols is 1. The van der Waals surface area contributed by atoms with Crippen molar-refractivity contribution >= 4 is 36.3 Å². The number of rotatable bonds is 5. The standard InChI is InChI=1S/C27H26NOP/c1-19-17-21(3)26(29)25(18-19)30-27-20(2)11-10-16-24(27)28(22-12-6-4-7-13-22)23-14-8-5-9-15-23/h4-18,29-30H,1-3H3. The molecule has 4 aromatic carbocycles. The third kappa shape index (κ3) is 4.10. The van der Waals surface area contributed by atoms with Gasteiger partial charge in [0.05, 0.1) is 5.69 Å². The second-order valence-corrected chi connectivity index (χ2v) is 8.87. The normalized spacial score (nSPS) is 11.2. The molecular weight excluding hydrogens is 385 g/mol. The zero-order valence-electron chi connectivity index (χ0n) is 17.6. The Morgan fingerprint density at radius 2 is 1.27 bits per heavy atom. The van der Waals surface area contributed by atoms with Gasteiger partial charge in [0.25, 0.3) is 0 Å². The molecule has 0 fully saturated rings. The van der Waals surface area contributed by atoms with Crippen LogP contribution in [-0.4, -0.2) is 5.11 Å². The van der Waals surface area contributed by atoms with Gasteiger partial charge in [0.1, 0.15) is 5.75 Å². The van der Waals surface area contributed by atoms with Crippen molar-refractivity contribution in [1.82, 2.24) is 0 Å².